The highest BCUT2D eigenvalue weighted by Gasteiger charge is 2.27. The maximum Gasteiger partial charge on any atom is 0.280 e. The van der Waals surface area contributed by atoms with Gasteiger partial charge in [0.1, 0.15) is 11.5 Å². The van der Waals surface area contributed by atoms with Crippen molar-refractivity contribution in [1.29, 1.82) is 0 Å². The molecule has 0 atom stereocenters. The average Bonchev–Trinajstić information content (AvgIpc) is 3.31. The minimum absolute atomic E-state index is 0.107. The molecule has 166 valence electrons. The summed E-state index contributed by atoms with van der Waals surface area (Å²) < 4.78 is 42.1. The Labute approximate surface area is 184 Å². The van der Waals surface area contributed by atoms with Crippen LogP contribution in [0.5, 0.6) is 0 Å². The van der Waals surface area contributed by atoms with Crippen molar-refractivity contribution in [2.45, 2.75) is 24.7 Å². The number of amides is 1. The fraction of sp³-hybridized carbons (Fsp3) is 0.227. The van der Waals surface area contributed by atoms with Gasteiger partial charge in [-0.15, -0.1) is 0 Å². The molecule has 2 aromatic carbocycles. The van der Waals surface area contributed by atoms with Crippen molar-refractivity contribution in [3.63, 3.8) is 0 Å². The third-order valence-corrected chi connectivity index (χ3v) is 7.13. The zero-order valence-corrected chi connectivity index (χ0v) is 18.1. The van der Waals surface area contributed by atoms with Gasteiger partial charge in [0.05, 0.1) is 4.90 Å². The summed E-state index contributed by atoms with van der Waals surface area (Å²) in [5, 5.41) is 6.60. The molecule has 0 spiro atoms. The summed E-state index contributed by atoms with van der Waals surface area (Å²) in [5.41, 5.74) is -0.244. The lowest BCUT2D eigenvalue weighted by atomic mass is 10.2. The molecule has 0 aliphatic carbocycles. The van der Waals surface area contributed by atoms with E-state index in [4.69, 9.17) is 0 Å². The first-order valence-electron chi connectivity index (χ1n) is 10.0. The third-order valence-electron chi connectivity index (χ3n) is 5.22. The number of rotatable bonds is 5. The van der Waals surface area contributed by atoms with E-state index in [9.17, 15) is 22.4 Å². The van der Waals surface area contributed by atoms with Crippen LogP contribution in [0.25, 0.3) is 5.69 Å². The molecule has 1 fully saturated rings. The summed E-state index contributed by atoms with van der Waals surface area (Å²) in [6, 6.07) is 12.8. The van der Waals surface area contributed by atoms with Gasteiger partial charge in [-0.3, -0.25) is 9.59 Å². The van der Waals surface area contributed by atoms with Crippen LogP contribution in [0.15, 0.2) is 64.3 Å². The molecule has 1 N–H and O–H groups in total. The molecule has 4 rings (SSSR count). The minimum atomic E-state index is -3.57. The van der Waals surface area contributed by atoms with Crippen molar-refractivity contribution in [3.05, 3.63) is 82.0 Å². The lowest BCUT2D eigenvalue weighted by Crippen LogP contribution is -2.28. The molecule has 0 bridgehead atoms. The number of aryl methyl sites for hydroxylation is 1. The number of nitrogens with zero attached hydrogens (tertiary/aromatic N) is 3. The quantitative estimate of drug-likeness (QED) is 0.636. The molecule has 32 heavy (non-hydrogen) atoms. The SMILES string of the molecule is Cc1cc(=O)c(C(=O)Nc2ccc(S(=O)(=O)N3CCCC3)cc2)nn1-c1ccccc1F. The van der Waals surface area contributed by atoms with Gasteiger partial charge >= 0.3 is 0 Å². The first-order valence-corrected chi connectivity index (χ1v) is 11.5. The number of sulfonamides is 1. The Morgan fingerprint density at radius 2 is 1.72 bits per heavy atom. The molecule has 0 unspecified atom stereocenters. The maximum atomic E-state index is 14.2. The molecule has 0 saturated carbocycles. The summed E-state index contributed by atoms with van der Waals surface area (Å²) >= 11 is 0. The van der Waals surface area contributed by atoms with Gasteiger partial charge in [0, 0.05) is 30.5 Å². The van der Waals surface area contributed by atoms with Crippen molar-refractivity contribution < 1.29 is 17.6 Å². The lowest BCUT2D eigenvalue weighted by Gasteiger charge is -2.15. The van der Waals surface area contributed by atoms with Crippen LogP contribution in [0, 0.1) is 12.7 Å². The van der Waals surface area contributed by atoms with E-state index in [0.29, 0.717) is 24.5 Å². The van der Waals surface area contributed by atoms with Crippen molar-refractivity contribution in [3.8, 4) is 5.69 Å². The molecule has 2 heterocycles. The number of anilines is 1. The number of hydrogen-bond donors (Lipinski definition) is 1. The van der Waals surface area contributed by atoms with Crippen LogP contribution in [0.3, 0.4) is 0 Å². The largest absolute Gasteiger partial charge is 0.320 e. The molecule has 1 aliphatic rings. The van der Waals surface area contributed by atoms with Gasteiger partial charge in [-0.2, -0.15) is 9.40 Å². The van der Waals surface area contributed by atoms with Crippen LogP contribution in [-0.2, 0) is 10.0 Å². The average molecular weight is 456 g/mol. The third kappa shape index (κ3) is 4.19. The number of nitrogens with one attached hydrogen (secondary N) is 1. The molecular weight excluding hydrogens is 435 g/mol. The van der Waals surface area contributed by atoms with Crippen LogP contribution in [0.1, 0.15) is 29.0 Å². The zero-order chi connectivity index (χ0) is 22.9. The highest BCUT2D eigenvalue weighted by molar-refractivity contribution is 7.89. The molecule has 10 heteroatoms. The first-order chi connectivity index (χ1) is 15.3. The molecule has 1 amide bonds. The summed E-state index contributed by atoms with van der Waals surface area (Å²) in [7, 11) is -3.57. The summed E-state index contributed by atoms with van der Waals surface area (Å²) in [4.78, 5) is 25.2. The van der Waals surface area contributed by atoms with E-state index in [1.807, 2.05) is 0 Å². The van der Waals surface area contributed by atoms with Crippen LogP contribution in [0.4, 0.5) is 10.1 Å². The van der Waals surface area contributed by atoms with Gasteiger partial charge in [-0.05, 0) is 56.2 Å². The fourth-order valence-electron chi connectivity index (χ4n) is 3.55. The van der Waals surface area contributed by atoms with E-state index in [1.165, 1.54) is 57.5 Å². The zero-order valence-electron chi connectivity index (χ0n) is 17.3. The number of aromatic nitrogens is 2. The van der Waals surface area contributed by atoms with Crippen LogP contribution in [-0.4, -0.2) is 41.5 Å². The van der Waals surface area contributed by atoms with E-state index in [-0.39, 0.29) is 10.6 Å². The fourth-order valence-corrected chi connectivity index (χ4v) is 5.07. The minimum Gasteiger partial charge on any atom is -0.320 e. The molecule has 0 radical (unpaired) electrons. The number of halogens is 1. The molecule has 1 aromatic heterocycles. The van der Waals surface area contributed by atoms with Crippen LogP contribution in [0.2, 0.25) is 0 Å². The van der Waals surface area contributed by atoms with Crippen molar-refractivity contribution in [1.82, 2.24) is 14.1 Å². The highest BCUT2D eigenvalue weighted by atomic mass is 32.2. The topological polar surface area (TPSA) is 101 Å². The van der Waals surface area contributed by atoms with Crippen molar-refractivity contribution in [2.24, 2.45) is 0 Å². The number of para-hydroxylation sites is 1. The van der Waals surface area contributed by atoms with E-state index in [0.717, 1.165) is 12.8 Å². The van der Waals surface area contributed by atoms with Gasteiger partial charge in [0.25, 0.3) is 5.91 Å². The van der Waals surface area contributed by atoms with Crippen molar-refractivity contribution >= 4 is 21.6 Å². The second-order valence-electron chi connectivity index (χ2n) is 7.45. The maximum absolute atomic E-state index is 14.2. The van der Waals surface area contributed by atoms with E-state index < -0.39 is 32.9 Å². The monoisotopic (exact) mass is 456 g/mol. The summed E-state index contributed by atoms with van der Waals surface area (Å²) in [5.74, 6) is -1.33. The smallest absolute Gasteiger partial charge is 0.280 e. The first kappa shape index (κ1) is 21.8. The normalized spacial score (nSPS) is 14.4. The van der Waals surface area contributed by atoms with Gasteiger partial charge < -0.3 is 5.32 Å². The Morgan fingerprint density at radius 1 is 1.06 bits per heavy atom. The molecule has 3 aromatic rings. The van der Waals surface area contributed by atoms with Crippen LogP contribution < -0.4 is 10.7 Å². The lowest BCUT2D eigenvalue weighted by molar-refractivity contribution is 0.101. The number of carbonyl (C=O) groups excluding carboxylic acids is 1. The highest BCUT2D eigenvalue weighted by Crippen LogP contribution is 2.22. The standard InChI is InChI=1S/C22H21FN4O4S/c1-15-14-20(28)21(25-27(15)19-7-3-2-6-18(19)23)22(29)24-16-8-10-17(11-9-16)32(30,31)26-12-4-5-13-26/h2-3,6-11,14H,4-5,12-13H2,1H3,(H,24,29). The van der Waals surface area contributed by atoms with Crippen LogP contribution >= 0.6 is 0 Å². The number of carbonyl (C=O) groups is 1. The predicted octanol–water partition coefficient (Wildman–Crippen LogP) is 2.72. The van der Waals surface area contributed by atoms with Gasteiger partial charge in [-0.1, -0.05) is 12.1 Å². The van der Waals surface area contributed by atoms with Crippen molar-refractivity contribution in [2.75, 3.05) is 18.4 Å². The second-order valence-corrected chi connectivity index (χ2v) is 9.39. The summed E-state index contributed by atoms with van der Waals surface area (Å²) in [6.07, 6.45) is 1.67. The number of benzene rings is 2. The Balaban J connectivity index is 1.59. The Hall–Kier alpha value is -3.37. The second kappa shape index (κ2) is 8.64. The van der Waals surface area contributed by atoms with E-state index in [2.05, 4.69) is 10.4 Å². The molecule has 8 nitrogen and oxygen atoms in total. The van der Waals surface area contributed by atoms with E-state index >= 15 is 0 Å². The predicted molar refractivity (Wildman–Crippen MR) is 117 cm³/mol. The Morgan fingerprint density at radius 3 is 2.38 bits per heavy atom. The number of hydrogen-bond acceptors (Lipinski definition) is 5. The Bertz CT molecular complexity index is 1330. The Kier molecular flexibility index (Phi) is 5.90. The van der Waals surface area contributed by atoms with E-state index in [1.54, 1.807) is 13.0 Å². The van der Waals surface area contributed by atoms with Gasteiger partial charge in [-0.25, -0.2) is 17.5 Å². The molecule has 1 aliphatic heterocycles. The summed E-state index contributed by atoms with van der Waals surface area (Å²) in [6.45, 7) is 2.57. The molecule has 1 saturated heterocycles. The van der Waals surface area contributed by atoms with Gasteiger partial charge in [0.15, 0.2) is 5.69 Å². The van der Waals surface area contributed by atoms with Gasteiger partial charge in [0.2, 0.25) is 15.5 Å². The molecular formula is C22H21FN4O4S.